The van der Waals surface area contributed by atoms with Gasteiger partial charge < -0.3 is 10.2 Å². The largest absolute Gasteiger partial charge is 0.338 e. The Kier molecular flexibility index (Phi) is 3.79. The minimum Gasteiger partial charge on any atom is -0.338 e. The summed E-state index contributed by atoms with van der Waals surface area (Å²) >= 11 is 0. The lowest BCUT2D eigenvalue weighted by molar-refractivity contribution is -0.135. The Morgan fingerprint density at radius 2 is 2.12 bits per heavy atom. The van der Waals surface area contributed by atoms with Gasteiger partial charge in [0.1, 0.15) is 0 Å². The van der Waals surface area contributed by atoms with Gasteiger partial charge in [-0.05, 0) is 24.6 Å². The highest BCUT2D eigenvalue weighted by Crippen LogP contribution is 2.19. The fourth-order valence-electron chi connectivity index (χ4n) is 2.39. The van der Waals surface area contributed by atoms with E-state index in [9.17, 15) is 4.79 Å². The van der Waals surface area contributed by atoms with Crippen molar-refractivity contribution in [3.63, 3.8) is 0 Å². The molecule has 3 heteroatoms. The van der Waals surface area contributed by atoms with Crippen molar-refractivity contribution in [1.82, 2.24) is 10.2 Å². The molecule has 0 bridgehead atoms. The van der Waals surface area contributed by atoms with Crippen molar-refractivity contribution in [1.29, 1.82) is 0 Å². The van der Waals surface area contributed by atoms with E-state index in [0.717, 1.165) is 26.1 Å². The van der Waals surface area contributed by atoms with E-state index in [1.807, 2.05) is 24.9 Å². The molecule has 1 aliphatic heterocycles. The number of carbonyl (C=O) groups excluding carboxylic acids is 1. The molecule has 0 saturated heterocycles. The molecular weight excluding hydrogens is 212 g/mol. The molecule has 1 aromatic rings. The zero-order valence-corrected chi connectivity index (χ0v) is 10.6. The minimum absolute atomic E-state index is 0.0604. The van der Waals surface area contributed by atoms with E-state index in [1.54, 1.807) is 0 Å². The fraction of sp³-hybridized carbons (Fsp3) is 0.500. The second-order valence-electron chi connectivity index (χ2n) is 4.74. The molecule has 3 nitrogen and oxygen atoms in total. The molecule has 2 rings (SSSR count). The lowest BCUT2D eigenvalue weighted by atomic mass is 9.98. The molecule has 0 fully saturated rings. The van der Waals surface area contributed by atoms with Crippen LogP contribution < -0.4 is 5.32 Å². The third-order valence-corrected chi connectivity index (χ3v) is 3.37. The second kappa shape index (κ2) is 5.32. The Morgan fingerprint density at radius 3 is 2.82 bits per heavy atom. The Balaban J connectivity index is 2.05. The van der Waals surface area contributed by atoms with Gasteiger partial charge in [-0.25, -0.2) is 0 Å². The molecule has 17 heavy (non-hydrogen) atoms. The van der Waals surface area contributed by atoms with Crippen molar-refractivity contribution < 1.29 is 4.79 Å². The number of hydrogen-bond acceptors (Lipinski definition) is 2. The summed E-state index contributed by atoms with van der Waals surface area (Å²) in [4.78, 5) is 14.2. The van der Waals surface area contributed by atoms with Gasteiger partial charge >= 0.3 is 0 Å². The number of nitrogens with one attached hydrogen (secondary N) is 1. The first kappa shape index (κ1) is 12.1. The zero-order valence-electron chi connectivity index (χ0n) is 10.6. The van der Waals surface area contributed by atoms with E-state index in [4.69, 9.17) is 0 Å². The van der Waals surface area contributed by atoms with E-state index in [-0.39, 0.29) is 11.8 Å². The third-order valence-electron chi connectivity index (χ3n) is 3.37. The van der Waals surface area contributed by atoms with Crippen molar-refractivity contribution in [2.75, 3.05) is 20.1 Å². The van der Waals surface area contributed by atoms with Crippen LogP contribution in [0.2, 0.25) is 0 Å². The van der Waals surface area contributed by atoms with Crippen molar-refractivity contribution in [2.45, 2.75) is 19.9 Å². The number of rotatable bonds is 3. The zero-order chi connectivity index (χ0) is 12.3. The number of benzene rings is 1. The predicted molar refractivity (Wildman–Crippen MR) is 68.7 cm³/mol. The summed E-state index contributed by atoms with van der Waals surface area (Å²) in [5.41, 5.74) is 2.68. The Bertz CT molecular complexity index is 403. The van der Waals surface area contributed by atoms with Gasteiger partial charge in [0.15, 0.2) is 0 Å². The minimum atomic E-state index is 0.0604. The predicted octanol–water partition coefficient (Wildman–Crippen LogP) is 1.43. The van der Waals surface area contributed by atoms with Gasteiger partial charge in [0.2, 0.25) is 5.91 Å². The van der Waals surface area contributed by atoms with Gasteiger partial charge in [-0.2, -0.15) is 0 Å². The highest BCUT2D eigenvalue weighted by Gasteiger charge is 2.23. The second-order valence-corrected chi connectivity index (χ2v) is 4.74. The van der Waals surface area contributed by atoms with Crippen molar-refractivity contribution in [2.24, 2.45) is 5.92 Å². The molecule has 1 heterocycles. The highest BCUT2D eigenvalue weighted by molar-refractivity contribution is 5.79. The number of nitrogens with zero attached hydrogens (tertiary/aromatic N) is 1. The Labute approximate surface area is 103 Å². The summed E-state index contributed by atoms with van der Waals surface area (Å²) in [5.74, 6) is 0.319. The van der Waals surface area contributed by atoms with Gasteiger partial charge in [0.25, 0.3) is 0 Å². The SMILES string of the molecule is CNCC(C)C(=O)N1CCc2ccccc2C1. The average Bonchev–Trinajstić information content (AvgIpc) is 2.37. The maximum atomic E-state index is 12.2. The van der Waals surface area contributed by atoms with E-state index in [2.05, 4.69) is 23.5 Å². The summed E-state index contributed by atoms with van der Waals surface area (Å²) in [6.07, 6.45) is 0.980. The molecule has 1 N–H and O–H groups in total. The molecule has 1 aliphatic rings. The first-order valence-corrected chi connectivity index (χ1v) is 6.22. The van der Waals surface area contributed by atoms with E-state index >= 15 is 0 Å². The van der Waals surface area contributed by atoms with Crippen LogP contribution in [0, 0.1) is 5.92 Å². The normalized spacial score (nSPS) is 16.5. The molecule has 1 atom stereocenters. The molecule has 0 spiro atoms. The molecule has 92 valence electrons. The maximum Gasteiger partial charge on any atom is 0.226 e. The Hall–Kier alpha value is -1.35. The van der Waals surface area contributed by atoms with Gasteiger partial charge in [0, 0.05) is 25.6 Å². The molecule has 1 amide bonds. The highest BCUT2D eigenvalue weighted by atomic mass is 16.2. The lowest BCUT2D eigenvalue weighted by Gasteiger charge is -2.30. The number of amides is 1. The van der Waals surface area contributed by atoms with E-state index < -0.39 is 0 Å². The summed E-state index contributed by atoms with van der Waals surface area (Å²) in [5, 5.41) is 3.06. The van der Waals surface area contributed by atoms with Crippen LogP contribution in [0.5, 0.6) is 0 Å². The third kappa shape index (κ3) is 2.67. The number of fused-ring (bicyclic) bond motifs is 1. The summed E-state index contributed by atoms with van der Waals surface area (Å²) in [6.45, 7) is 4.35. The van der Waals surface area contributed by atoms with Crippen LogP contribution in [0.1, 0.15) is 18.1 Å². The molecular formula is C14H20N2O. The van der Waals surface area contributed by atoms with Crippen LogP contribution >= 0.6 is 0 Å². The summed E-state index contributed by atoms with van der Waals surface area (Å²) in [7, 11) is 1.88. The first-order chi connectivity index (χ1) is 8.22. The quantitative estimate of drug-likeness (QED) is 0.855. The molecule has 1 unspecified atom stereocenters. The smallest absolute Gasteiger partial charge is 0.226 e. The van der Waals surface area contributed by atoms with Crippen LogP contribution in [0.25, 0.3) is 0 Å². The number of hydrogen-bond donors (Lipinski definition) is 1. The van der Waals surface area contributed by atoms with Crippen LogP contribution in [0.15, 0.2) is 24.3 Å². The number of carbonyl (C=O) groups is 1. The fourth-order valence-corrected chi connectivity index (χ4v) is 2.39. The van der Waals surface area contributed by atoms with Gasteiger partial charge in [-0.1, -0.05) is 31.2 Å². The molecule has 0 aliphatic carbocycles. The molecule has 0 radical (unpaired) electrons. The van der Waals surface area contributed by atoms with Crippen LogP contribution in [0.3, 0.4) is 0 Å². The maximum absolute atomic E-state index is 12.2. The van der Waals surface area contributed by atoms with Crippen LogP contribution in [0.4, 0.5) is 0 Å². The van der Waals surface area contributed by atoms with Crippen molar-refractivity contribution >= 4 is 5.91 Å². The topological polar surface area (TPSA) is 32.3 Å². The summed E-state index contributed by atoms with van der Waals surface area (Å²) < 4.78 is 0. The molecule has 0 saturated carbocycles. The standard InChI is InChI=1S/C14H20N2O/c1-11(9-15-2)14(17)16-8-7-12-5-3-4-6-13(12)10-16/h3-6,11,15H,7-10H2,1-2H3. The van der Waals surface area contributed by atoms with E-state index in [1.165, 1.54) is 11.1 Å². The van der Waals surface area contributed by atoms with Crippen molar-refractivity contribution in [3.05, 3.63) is 35.4 Å². The van der Waals surface area contributed by atoms with E-state index in [0.29, 0.717) is 0 Å². The Morgan fingerprint density at radius 1 is 1.41 bits per heavy atom. The van der Waals surface area contributed by atoms with Crippen LogP contribution in [-0.2, 0) is 17.8 Å². The average molecular weight is 232 g/mol. The summed E-state index contributed by atoms with van der Waals surface area (Å²) in [6, 6.07) is 8.40. The molecule has 1 aromatic carbocycles. The van der Waals surface area contributed by atoms with Crippen LogP contribution in [-0.4, -0.2) is 30.9 Å². The first-order valence-electron chi connectivity index (χ1n) is 6.22. The molecule has 0 aromatic heterocycles. The monoisotopic (exact) mass is 232 g/mol. The van der Waals surface area contributed by atoms with Gasteiger partial charge in [-0.15, -0.1) is 0 Å². The lowest BCUT2D eigenvalue weighted by Crippen LogP contribution is -2.41. The van der Waals surface area contributed by atoms with Gasteiger partial charge in [0.05, 0.1) is 0 Å². The van der Waals surface area contributed by atoms with Gasteiger partial charge in [-0.3, -0.25) is 4.79 Å². The van der Waals surface area contributed by atoms with Crippen molar-refractivity contribution in [3.8, 4) is 0 Å².